The van der Waals surface area contributed by atoms with Crippen molar-refractivity contribution in [3.8, 4) is 11.4 Å². The van der Waals surface area contributed by atoms with E-state index < -0.39 is 0 Å². The zero-order chi connectivity index (χ0) is 16.2. The van der Waals surface area contributed by atoms with Gasteiger partial charge in [0.05, 0.1) is 0 Å². The van der Waals surface area contributed by atoms with Gasteiger partial charge in [-0.2, -0.15) is 9.36 Å². The molecule has 2 atom stereocenters. The van der Waals surface area contributed by atoms with E-state index in [9.17, 15) is 4.79 Å². The van der Waals surface area contributed by atoms with Crippen molar-refractivity contribution in [1.29, 1.82) is 0 Å². The second-order valence-corrected chi connectivity index (χ2v) is 6.64. The van der Waals surface area contributed by atoms with Gasteiger partial charge >= 0.3 is 6.03 Å². The lowest BCUT2D eigenvalue weighted by molar-refractivity contribution is 0.0625. The van der Waals surface area contributed by atoms with Gasteiger partial charge in [0.15, 0.2) is 5.82 Å². The first-order valence-corrected chi connectivity index (χ1v) is 8.66. The van der Waals surface area contributed by atoms with E-state index in [1.54, 1.807) is 0 Å². The van der Waals surface area contributed by atoms with Crippen LogP contribution in [0, 0.1) is 0 Å². The predicted molar refractivity (Wildman–Crippen MR) is 92.1 cm³/mol. The number of hydrogen-bond acceptors (Lipinski definition) is 5. The van der Waals surface area contributed by atoms with Crippen LogP contribution in [0.1, 0.15) is 33.1 Å². The van der Waals surface area contributed by atoms with Crippen molar-refractivity contribution in [2.75, 3.05) is 5.32 Å². The van der Waals surface area contributed by atoms with Crippen LogP contribution in [0.15, 0.2) is 30.3 Å². The summed E-state index contributed by atoms with van der Waals surface area (Å²) < 4.78 is 4.29. The number of carbonyl (C=O) groups is 1. The number of rotatable bonds is 3. The van der Waals surface area contributed by atoms with Crippen LogP contribution in [-0.2, 0) is 0 Å². The average Bonchev–Trinajstić information content (AvgIpc) is 3.00. The van der Waals surface area contributed by atoms with Gasteiger partial charge in [-0.05, 0) is 26.7 Å². The van der Waals surface area contributed by atoms with Crippen LogP contribution in [-0.4, -0.2) is 32.5 Å². The molecule has 23 heavy (non-hydrogen) atoms. The van der Waals surface area contributed by atoms with Gasteiger partial charge in [-0.3, -0.25) is 10.7 Å². The Bertz CT molecular complexity index is 650. The molecule has 1 aliphatic rings. The highest BCUT2D eigenvalue weighted by molar-refractivity contribution is 7.10. The fraction of sp³-hybridized carbons (Fsp3) is 0.438. The lowest BCUT2D eigenvalue weighted by Crippen LogP contribution is -2.55. The number of hydrazine groups is 1. The molecule has 3 rings (SSSR count). The summed E-state index contributed by atoms with van der Waals surface area (Å²) in [5.41, 5.74) is 3.88. The summed E-state index contributed by atoms with van der Waals surface area (Å²) in [7, 11) is 0. The molecule has 0 saturated carbocycles. The number of nitrogens with zero attached hydrogens (tertiary/aromatic N) is 3. The molecule has 7 heteroatoms. The van der Waals surface area contributed by atoms with Crippen LogP contribution in [0.4, 0.5) is 9.93 Å². The van der Waals surface area contributed by atoms with Crippen LogP contribution < -0.4 is 10.7 Å². The molecule has 1 saturated heterocycles. The Kier molecular flexibility index (Phi) is 4.88. The zero-order valence-corrected chi connectivity index (χ0v) is 14.1. The van der Waals surface area contributed by atoms with Crippen molar-refractivity contribution in [1.82, 2.24) is 19.8 Å². The minimum absolute atomic E-state index is 0.263. The van der Waals surface area contributed by atoms with Gasteiger partial charge in [0.1, 0.15) is 0 Å². The quantitative estimate of drug-likeness (QED) is 0.903. The highest BCUT2D eigenvalue weighted by Gasteiger charge is 2.26. The van der Waals surface area contributed by atoms with E-state index in [2.05, 4.69) is 33.9 Å². The number of hydrogen-bond donors (Lipinski definition) is 2. The molecular weight excluding hydrogens is 310 g/mol. The monoisotopic (exact) mass is 331 g/mol. The first kappa shape index (κ1) is 15.9. The standard InChI is InChI=1S/C16H21N5OS/c1-11-7-6-8-12(2)21(11)19-15(22)18-16-17-14(20-23-16)13-9-4-3-5-10-13/h3-5,9-12H,6-8H2,1-2H3,(H2,17,18,19,20,22)/t11-,12-/m0/s1. The van der Waals surface area contributed by atoms with Crippen molar-refractivity contribution < 1.29 is 4.79 Å². The molecule has 0 aliphatic carbocycles. The number of urea groups is 1. The predicted octanol–water partition coefficient (Wildman–Crippen LogP) is 3.50. The van der Waals surface area contributed by atoms with Gasteiger partial charge in [0, 0.05) is 29.2 Å². The number of anilines is 1. The van der Waals surface area contributed by atoms with Gasteiger partial charge in [-0.25, -0.2) is 9.80 Å². The summed E-state index contributed by atoms with van der Waals surface area (Å²) in [6.07, 6.45) is 3.40. The van der Waals surface area contributed by atoms with Crippen LogP contribution in [0.3, 0.4) is 0 Å². The van der Waals surface area contributed by atoms with Crippen LogP contribution >= 0.6 is 11.5 Å². The lowest BCUT2D eigenvalue weighted by Gasteiger charge is -2.38. The Morgan fingerprint density at radius 3 is 2.61 bits per heavy atom. The number of benzene rings is 1. The average molecular weight is 331 g/mol. The summed E-state index contributed by atoms with van der Waals surface area (Å²) in [6, 6.07) is 10.2. The highest BCUT2D eigenvalue weighted by Crippen LogP contribution is 2.22. The molecule has 0 spiro atoms. The maximum Gasteiger partial charge on any atom is 0.335 e. The van der Waals surface area contributed by atoms with Crippen LogP contribution in [0.25, 0.3) is 11.4 Å². The SMILES string of the molecule is C[C@H]1CCC[C@H](C)N1NC(=O)Nc1nc(-c2ccccc2)ns1. The van der Waals surface area contributed by atoms with E-state index in [1.807, 2.05) is 35.3 Å². The Hall–Kier alpha value is -1.99. The first-order chi connectivity index (χ1) is 11.1. The minimum atomic E-state index is -0.263. The molecule has 1 fully saturated rings. The Morgan fingerprint density at radius 1 is 1.22 bits per heavy atom. The summed E-state index contributed by atoms with van der Waals surface area (Å²) in [5, 5.41) is 5.30. The maximum absolute atomic E-state index is 12.2. The van der Waals surface area contributed by atoms with Gasteiger partial charge in [-0.15, -0.1) is 0 Å². The van der Waals surface area contributed by atoms with Crippen LogP contribution in [0.5, 0.6) is 0 Å². The lowest BCUT2D eigenvalue weighted by atomic mass is 10.00. The third-order valence-electron chi connectivity index (χ3n) is 4.10. The second kappa shape index (κ2) is 7.06. The van der Waals surface area contributed by atoms with E-state index in [0.717, 1.165) is 18.4 Å². The molecule has 0 bridgehead atoms. The Morgan fingerprint density at radius 2 is 1.91 bits per heavy atom. The molecule has 1 aliphatic heterocycles. The minimum Gasteiger partial charge on any atom is -0.281 e. The third kappa shape index (κ3) is 3.86. The summed E-state index contributed by atoms with van der Waals surface area (Å²) in [5.74, 6) is 0.630. The van der Waals surface area contributed by atoms with Gasteiger partial charge in [0.2, 0.25) is 5.13 Å². The number of piperidine rings is 1. The molecule has 2 N–H and O–H groups in total. The first-order valence-electron chi connectivity index (χ1n) is 7.88. The third-order valence-corrected chi connectivity index (χ3v) is 4.73. The molecule has 0 radical (unpaired) electrons. The van der Waals surface area contributed by atoms with Gasteiger partial charge in [0.25, 0.3) is 0 Å². The van der Waals surface area contributed by atoms with E-state index in [4.69, 9.17) is 0 Å². The number of amides is 2. The molecule has 6 nitrogen and oxygen atoms in total. The van der Waals surface area contributed by atoms with E-state index >= 15 is 0 Å². The van der Waals surface area contributed by atoms with Crippen molar-refractivity contribution in [2.45, 2.75) is 45.2 Å². The Labute approximate surface area is 140 Å². The van der Waals surface area contributed by atoms with Crippen molar-refractivity contribution >= 4 is 22.7 Å². The summed E-state index contributed by atoms with van der Waals surface area (Å²) in [6.45, 7) is 4.27. The number of carbonyl (C=O) groups excluding carboxylic acids is 1. The zero-order valence-electron chi connectivity index (χ0n) is 13.3. The van der Waals surface area contributed by atoms with E-state index in [0.29, 0.717) is 23.0 Å². The molecule has 122 valence electrons. The summed E-state index contributed by atoms with van der Waals surface area (Å²) >= 11 is 1.18. The van der Waals surface area contributed by atoms with Crippen molar-refractivity contribution in [3.63, 3.8) is 0 Å². The topological polar surface area (TPSA) is 70.2 Å². The smallest absolute Gasteiger partial charge is 0.281 e. The number of nitrogens with one attached hydrogen (secondary N) is 2. The largest absolute Gasteiger partial charge is 0.335 e. The summed E-state index contributed by atoms with van der Waals surface area (Å²) in [4.78, 5) is 16.6. The highest BCUT2D eigenvalue weighted by atomic mass is 32.1. The number of aromatic nitrogens is 2. The van der Waals surface area contributed by atoms with Crippen LogP contribution in [0.2, 0.25) is 0 Å². The molecular formula is C16H21N5OS. The molecule has 1 aromatic carbocycles. The van der Waals surface area contributed by atoms with Crippen molar-refractivity contribution in [2.24, 2.45) is 0 Å². The normalized spacial score (nSPS) is 21.8. The fourth-order valence-electron chi connectivity index (χ4n) is 2.86. The van der Waals surface area contributed by atoms with E-state index in [1.165, 1.54) is 18.0 Å². The molecule has 2 heterocycles. The second-order valence-electron chi connectivity index (χ2n) is 5.89. The van der Waals surface area contributed by atoms with Crippen molar-refractivity contribution in [3.05, 3.63) is 30.3 Å². The Balaban J connectivity index is 1.61. The molecule has 0 unspecified atom stereocenters. The van der Waals surface area contributed by atoms with Gasteiger partial charge in [-0.1, -0.05) is 36.8 Å². The molecule has 2 amide bonds. The maximum atomic E-state index is 12.2. The van der Waals surface area contributed by atoms with Gasteiger partial charge < -0.3 is 0 Å². The molecule has 1 aromatic heterocycles. The molecule has 2 aromatic rings. The van der Waals surface area contributed by atoms with E-state index in [-0.39, 0.29) is 6.03 Å². The fourth-order valence-corrected chi connectivity index (χ4v) is 3.45.